The first-order chi connectivity index (χ1) is 25.8. The molecule has 0 spiro atoms. The number of hydrogen-bond donors (Lipinski definition) is 0. The maximum absolute atomic E-state index is 6.98. The normalized spacial score (nSPS) is 12.5. The fourth-order valence-corrected chi connectivity index (χ4v) is 8.30. The fourth-order valence-electron chi connectivity index (χ4n) is 8.30. The number of rotatable bonds is 4. The average molecular weight is 664 g/mol. The second-order valence-corrected chi connectivity index (χ2v) is 13.6. The van der Waals surface area contributed by atoms with Crippen LogP contribution >= 0.6 is 0 Å². The lowest BCUT2D eigenvalue weighted by molar-refractivity contribution is 0.479. The molecule has 0 radical (unpaired) electrons. The molecule has 52 heavy (non-hydrogen) atoms. The molecule has 0 saturated carbocycles. The van der Waals surface area contributed by atoms with E-state index in [9.17, 15) is 0 Å². The summed E-state index contributed by atoms with van der Waals surface area (Å²) in [7, 11) is 0. The highest BCUT2D eigenvalue weighted by Crippen LogP contribution is 2.44. The van der Waals surface area contributed by atoms with Crippen molar-refractivity contribution in [2.45, 2.75) is 0 Å². The van der Waals surface area contributed by atoms with Crippen molar-refractivity contribution >= 4 is 39.6 Å². The second kappa shape index (κ2) is 11.4. The Kier molecular flexibility index (Phi) is 6.35. The third-order valence-corrected chi connectivity index (χ3v) is 10.7. The van der Waals surface area contributed by atoms with Gasteiger partial charge in [0.05, 0.1) is 16.7 Å². The number of benzene rings is 8. The summed E-state index contributed by atoms with van der Waals surface area (Å²) in [6, 6.07) is 64.8. The van der Waals surface area contributed by atoms with Crippen molar-refractivity contribution in [2.75, 3.05) is 0 Å². The molecule has 3 heterocycles. The lowest BCUT2D eigenvalue weighted by atomic mass is 9.50. The van der Waals surface area contributed by atoms with Gasteiger partial charge in [-0.25, -0.2) is 0 Å². The number of aromatic nitrogens is 1. The van der Waals surface area contributed by atoms with Gasteiger partial charge in [0.15, 0.2) is 0 Å². The van der Waals surface area contributed by atoms with Crippen LogP contribution in [0.1, 0.15) is 0 Å². The van der Waals surface area contributed by atoms with E-state index in [0.29, 0.717) is 0 Å². The summed E-state index contributed by atoms with van der Waals surface area (Å²) >= 11 is 0. The Balaban J connectivity index is 1.11. The van der Waals surface area contributed by atoms with E-state index in [4.69, 9.17) is 9.39 Å². The Hall–Kier alpha value is -6.78. The van der Waals surface area contributed by atoms with E-state index < -0.39 is 0 Å². The third kappa shape index (κ3) is 4.41. The monoisotopic (exact) mass is 663 g/mol. The Morgan fingerprint density at radius 2 is 1.02 bits per heavy atom. The smallest absolute Gasteiger partial charge is 0.434 e. The molecule has 9 aromatic rings. The number of nitrogens with zero attached hydrogens (tertiary/aromatic N) is 1. The lowest BCUT2D eigenvalue weighted by Crippen LogP contribution is -2.53. The van der Waals surface area contributed by atoms with E-state index in [1.807, 2.05) is 12.1 Å². The van der Waals surface area contributed by atoms with Crippen LogP contribution in [0.4, 0.5) is 0 Å². The number of ether oxygens (including phenoxy) is 1. The van der Waals surface area contributed by atoms with Crippen LogP contribution < -0.4 is 20.3 Å². The molecule has 0 fully saturated rings. The van der Waals surface area contributed by atoms with Crippen molar-refractivity contribution < 1.29 is 9.39 Å². The van der Waals surface area contributed by atoms with E-state index in [2.05, 4.69) is 174 Å². The first-order valence-electron chi connectivity index (χ1n) is 17.8. The molecule has 1 aromatic heterocycles. The zero-order valence-electron chi connectivity index (χ0n) is 28.2. The predicted molar refractivity (Wildman–Crippen MR) is 215 cm³/mol. The molecular weight excluding hydrogens is 633 g/mol. The molecule has 0 bridgehead atoms. The minimum Gasteiger partial charge on any atom is -0.551 e. The zero-order valence-corrected chi connectivity index (χ0v) is 28.2. The first kappa shape index (κ1) is 29.0. The van der Waals surface area contributed by atoms with Crippen molar-refractivity contribution in [1.82, 2.24) is 4.57 Å². The Labute approximate surface area is 302 Å². The lowest BCUT2D eigenvalue weighted by Gasteiger charge is -2.33. The molecule has 242 valence electrons. The fraction of sp³-hybridized carbons (Fsp3) is 0. The summed E-state index contributed by atoms with van der Waals surface area (Å²) in [4.78, 5) is 0. The molecule has 3 nitrogen and oxygen atoms in total. The zero-order chi connectivity index (χ0) is 34.2. The largest absolute Gasteiger partial charge is 0.551 e. The van der Waals surface area contributed by atoms with Crippen molar-refractivity contribution in [1.29, 1.82) is 0 Å². The molecule has 0 aliphatic carbocycles. The summed E-state index contributed by atoms with van der Waals surface area (Å²) in [6.45, 7) is -0.282. The van der Waals surface area contributed by atoms with E-state index >= 15 is 0 Å². The molecule has 0 saturated heterocycles. The maximum Gasteiger partial charge on any atom is 0.434 e. The number of para-hydroxylation sites is 4. The van der Waals surface area contributed by atoms with Gasteiger partial charge in [-0.15, -0.1) is 0 Å². The van der Waals surface area contributed by atoms with Crippen LogP contribution in [0.2, 0.25) is 0 Å². The van der Waals surface area contributed by atoms with Crippen LogP contribution in [0.5, 0.6) is 17.2 Å². The van der Waals surface area contributed by atoms with Gasteiger partial charge in [-0.3, -0.25) is 0 Å². The van der Waals surface area contributed by atoms with E-state index in [0.717, 1.165) is 67.2 Å². The molecule has 2 aliphatic heterocycles. The molecule has 11 rings (SSSR count). The molecule has 0 amide bonds. The van der Waals surface area contributed by atoms with E-state index in [1.165, 1.54) is 32.9 Å². The minimum atomic E-state index is -0.282. The molecule has 0 unspecified atom stereocenters. The summed E-state index contributed by atoms with van der Waals surface area (Å²) in [5.41, 5.74) is 14.7. The molecule has 8 aromatic carbocycles. The first-order valence-corrected chi connectivity index (χ1v) is 17.8. The average Bonchev–Trinajstić information content (AvgIpc) is 3.55. The van der Waals surface area contributed by atoms with Gasteiger partial charge in [0.1, 0.15) is 17.2 Å². The van der Waals surface area contributed by atoms with Gasteiger partial charge in [-0.1, -0.05) is 133 Å². The molecule has 2 aliphatic rings. The van der Waals surface area contributed by atoms with Crippen LogP contribution in [-0.4, -0.2) is 11.5 Å². The van der Waals surface area contributed by atoms with Crippen molar-refractivity contribution in [3.63, 3.8) is 0 Å². The van der Waals surface area contributed by atoms with Gasteiger partial charge in [0, 0.05) is 32.8 Å². The van der Waals surface area contributed by atoms with E-state index in [1.54, 1.807) is 0 Å². The number of fused-ring (bicyclic) bond motifs is 7. The summed E-state index contributed by atoms with van der Waals surface area (Å²) in [5, 5.41) is 2.49. The molecular formula is C48H30BNO2. The quantitative estimate of drug-likeness (QED) is 0.175. The summed E-state index contributed by atoms with van der Waals surface area (Å²) < 4.78 is 16.1. The van der Waals surface area contributed by atoms with Gasteiger partial charge in [0.2, 0.25) is 0 Å². The van der Waals surface area contributed by atoms with Crippen LogP contribution in [0.25, 0.3) is 72.0 Å². The van der Waals surface area contributed by atoms with Gasteiger partial charge < -0.3 is 14.0 Å². The SMILES string of the molecule is c1ccc(-c2cccc(-c3ccc4c(c3)OB3c5ccccc5Oc5cc(-c6ccccc6-n6c7ccccc7c7ccccc76)cc-4c53)c2)cc1. The standard InChI is InChI=1S/C48H30BNO2/c1-2-13-31(14-3-1)32-15-12-16-33(27-32)34-25-26-39-40-28-35(30-47-48(40)49(52-46(39)29-34)41-20-7-11-24-45(41)51-47)36-17-4-8-21-42(36)50-43-22-9-5-18-37(43)38-19-6-10-23-44(38)50/h1-30H. The van der Waals surface area contributed by atoms with Crippen molar-refractivity contribution in [2.24, 2.45) is 0 Å². The Bertz CT molecular complexity index is 2820. The highest BCUT2D eigenvalue weighted by Gasteiger charge is 2.41. The van der Waals surface area contributed by atoms with Crippen LogP contribution in [-0.2, 0) is 0 Å². The highest BCUT2D eigenvalue weighted by molar-refractivity contribution is 6.84. The molecule has 4 heteroatoms. The minimum absolute atomic E-state index is 0.282. The predicted octanol–water partition coefficient (Wildman–Crippen LogP) is 11.1. The van der Waals surface area contributed by atoms with Gasteiger partial charge in [-0.2, -0.15) is 0 Å². The topological polar surface area (TPSA) is 23.4 Å². The van der Waals surface area contributed by atoms with Crippen molar-refractivity contribution in [3.05, 3.63) is 182 Å². The van der Waals surface area contributed by atoms with Gasteiger partial charge in [-0.05, 0) is 81.9 Å². The van der Waals surface area contributed by atoms with Gasteiger partial charge >= 0.3 is 6.92 Å². The highest BCUT2D eigenvalue weighted by atomic mass is 16.5. The molecule has 0 atom stereocenters. The van der Waals surface area contributed by atoms with Crippen LogP contribution in [0, 0.1) is 0 Å². The summed E-state index contributed by atoms with van der Waals surface area (Å²) in [5.74, 6) is 2.53. The van der Waals surface area contributed by atoms with Crippen molar-refractivity contribution in [3.8, 4) is 67.4 Å². The van der Waals surface area contributed by atoms with Crippen LogP contribution in [0.3, 0.4) is 0 Å². The maximum atomic E-state index is 6.98. The summed E-state index contributed by atoms with van der Waals surface area (Å²) in [6.07, 6.45) is 0. The second-order valence-electron chi connectivity index (χ2n) is 13.6. The Morgan fingerprint density at radius 3 is 1.85 bits per heavy atom. The number of hydrogen-bond acceptors (Lipinski definition) is 2. The third-order valence-electron chi connectivity index (χ3n) is 10.7. The molecule has 0 N–H and O–H groups in total. The van der Waals surface area contributed by atoms with Gasteiger partial charge in [0.25, 0.3) is 0 Å². The Morgan fingerprint density at radius 1 is 0.385 bits per heavy atom. The van der Waals surface area contributed by atoms with Crippen LogP contribution in [0.15, 0.2) is 182 Å². The van der Waals surface area contributed by atoms with E-state index in [-0.39, 0.29) is 6.92 Å².